The topological polar surface area (TPSA) is 90.4 Å². The van der Waals surface area contributed by atoms with Crippen molar-refractivity contribution in [2.75, 3.05) is 26.7 Å². The van der Waals surface area contributed by atoms with Crippen LogP contribution in [0.3, 0.4) is 0 Å². The fourth-order valence-corrected chi connectivity index (χ4v) is 4.42. The third-order valence-corrected chi connectivity index (χ3v) is 6.09. The Labute approximate surface area is 191 Å². The molecule has 1 aliphatic heterocycles. The van der Waals surface area contributed by atoms with Gasteiger partial charge in [-0.3, -0.25) is 24.6 Å². The minimum Gasteiger partial charge on any atom is -0.497 e. The quantitative estimate of drug-likeness (QED) is 0.372. The van der Waals surface area contributed by atoms with E-state index in [4.69, 9.17) is 9.94 Å². The summed E-state index contributed by atoms with van der Waals surface area (Å²) in [5, 5.41) is 12.7. The van der Waals surface area contributed by atoms with Gasteiger partial charge in [-0.1, -0.05) is 32.6 Å². The van der Waals surface area contributed by atoms with Gasteiger partial charge in [-0.15, -0.1) is 0 Å². The average molecular weight is 448 g/mol. The number of ether oxygens (including phenoxy) is 1. The fraction of sp³-hybridized carbons (Fsp3) is 0.625. The van der Waals surface area contributed by atoms with Gasteiger partial charge in [0.15, 0.2) is 0 Å². The molecule has 1 saturated heterocycles. The van der Waals surface area contributed by atoms with E-state index in [0.717, 1.165) is 43.1 Å². The molecule has 1 saturated carbocycles. The SMILES string of the molecule is CC(CC1CCCC1)CN(O)C=O.COc1ccc(C(=O)N2CCCCCN2C=O)cc1. The number of rotatable bonds is 8. The van der Waals surface area contributed by atoms with E-state index in [9.17, 15) is 14.4 Å². The number of hydrogen-bond acceptors (Lipinski definition) is 5. The summed E-state index contributed by atoms with van der Waals surface area (Å²) >= 11 is 0. The lowest BCUT2D eigenvalue weighted by atomic mass is 9.94. The van der Waals surface area contributed by atoms with Crippen molar-refractivity contribution in [1.82, 2.24) is 15.1 Å². The molecule has 3 amide bonds. The van der Waals surface area contributed by atoms with Crippen molar-refractivity contribution in [2.24, 2.45) is 11.8 Å². The molecule has 1 aromatic carbocycles. The first-order chi connectivity index (χ1) is 15.5. The number of hydroxylamine groups is 2. The van der Waals surface area contributed by atoms with E-state index in [2.05, 4.69) is 6.92 Å². The predicted octanol–water partition coefficient (Wildman–Crippen LogP) is 3.75. The molecule has 1 unspecified atom stereocenters. The van der Waals surface area contributed by atoms with E-state index in [0.29, 0.717) is 43.3 Å². The van der Waals surface area contributed by atoms with Gasteiger partial charge in [-0.05, 0) is 61.8 Å². The number of hydrazine groups is 1. The Hall–Kier alpha value is -2.61. The predicted molar refractivity (Wildman–Crippen MR) is 121 cm³/mol. The maximum Gasteiger partial charge on any atom is 0.272 e. The molecular formula is C24H37N3O5. The van der Waals surface area contributed by atoms with Gasteiger partial charge in [0.05, 0.1) is 13.7 Å². The third-order valence-electron chi connectivity index (χ3n) is 6.09. The molecule has 2 aliphatic rings. The van der Waals surface area contributed by atoms with Crippen LogP contribution in [0.5, 0.6) is 5.75 Å². The second-order valence-corrected chi connectivity index (χ2v) is 8.70. The van der Waals surface area contributed by atoms with Gasteiger partial charge in [0.2, 0.25) is 12.8 Å². The summed E-state index contributed by atoms with van der Waals surface area (Å²) in [5.74, 6) is 1.81. The summed E-state index contributed by atoms with van der Waals surface area (Å²) in [5.41, 5.74) is 0.564. The van der Waals surface area contributed by atoms with Crippen LogP contribution in [0, 0.1) is 11.8 Å². The molecule has 1 aromatic rings. The molecule has 1 heterocycles. The highest BCUT2D eigenvalue weighted by Crippen LogP contribution is 2.30. The smallest absolute Gasteiger partial charge is 0.272 e. The summed E-state index contributed by atoms with van der Waals surface area (Å²) in [7, 11) is 1.58. The average Bonchev–Trinajstić information content (AvgIpc) is 3.20. The Morgan fingerprint density at radius 3 is 2.38 bits per heavy atom. The number of benzene rings is 1. The number of carbonyl (C=O) groups excluding carboxylic acids is 3. The van der Waals surface area contributed by atoms with Crippen molar-refractivity contribution in [3.8, 4) is 5.75 Å². The van der Waals surface area contributed by atoms with E-state index < -0.39 is 0 Å². The lowest BCUT2D eigenvalue weighted by molar-refractivity contribution is -0.152. The zero-order valence-electron chi connectivity index (χ0n) is 19.3. The Kier molecular flexibility index (Phi) is 11.0. The van der Waals surface area contributed by atoms with Crippen molar-refractivity contribution in [1.29, 1.82) is 0 Å². The van der Waals surface area contributed by atoms with E-state index in [-0.39, 0.29) is 5.91 Å². The van der Waals surface area contributed by atoms with E-state index in [1.54, 1.807) is 31.4 Å². The maximum atomic E-state index is 12.4. The summed E-state index contributed by atoms with van der Waals surface area (Å²) in [4.78, 5) is 33.6. The summed E-state index contributed by atoms with van der Waals surface area (Å²) in [6.07, 6.45) is 10.6. The van der Waals surface area contributed by atoms with Gasteiger partial charge in [-0.25, -0.2) is 10.1 Å². The molecule has 8 heteroatoms. The van der Waals surface area contributed by atoms with Crippen LogP contribution in [0.1, 0.15) is 68.6 Å². The summed E-state index contributed by atoms with van der Waals surface area (Å²) in [6, 6.07) is 6.93. The number of amides is 3. The number of carbonyl (C=O) groups is 3. The lowest BCUT2D eigenvalue weighted by Gasteiger charge is -2.29. The Morgan fingerprint density at radius 1 is 1.12 bits per heavy atom. The Bertz CT molecular complexity index is 706. The fourth-order valence-electron chi connectivity index (χ4n) is 4.42. The van der Waals surface area contributed by atoms with Crippen molar-refractivity contribution >= 4 is 18.7 Å². The van der Waals surface area contributed by atoms with Crippen LogP contribution in [0.4, 0.5) is 0 Å². The molecule has 1 atom stereocenters. The van der Waals surface area contributed by atoms with E-state index in [1.807, 2.05) is 0 Å². The minimum atomic E-state index is -0.142. The van der Waals surface area contributed by atoms with Gasteiger partial charge in [0, 0.05) is 18.7 Å². The lowest BCUT2D eigenvalue weighted by Crippen LogP contribution is -2.45. The molecule has 0 spiro atoms. The first-order valence-corrected chi connectivity index (χ1v) is 11.6. The number of hydrogen-bond donors (Lipinski definition) is 1. The monoisotopic (exact) mass is 447 g/mol. The van der Waals surface area contributed by atoms with E-state index >= 15 is 0 Å². The highest BCUT2D eigenvalue weighted by molar-refractivity contribution is 5.94. The molecule has 0 aromatic heterocycles. The molecule has 1 aliphatic carbocycles. The highest BCUT2D eigenvalue weighted by atomic mass is 16.5. The van der Waals surface area contributed by atoms with Gasteiger partial charge in [-0.2, -0.15) is 0 Å². The van der Waals surface area contributed by atoms with Gasteiger partial charge in [0.1, 0.15) is 5.75 Å². The largest absolute Gasteiger partial charge is 0.497 e. The van der Waals surface area contributed by atoms with E-state index in [1.165, 1.54) is 35.7 Å². The summed E-state index contributed by atoms with van der Waals surface area (Å²) < 4.78 is 5.07. The molecule has 0 radical (unpaired) electrons. The minimum absolute atomic E-state index is 0.142. The molecule has 2 fully saturated rings. The van der Waals surface area contributed by atoms with Gasteiger partial charge < -0.3 is 4.74 Å². The first-order valence-electron chi connectivity index (χ1n) is 11.6. The van der Waals surface area contributed by atoms with Crippen molar-refractivity contribution in [2.45, 2.75) is 58.3 Å². The Morgan fingerprint density at radius 2 is 1.78 bits per heavy atom. The van der Waals surface area contributed by atoms with Crippen LogP contribution in [-0.2, 0) is 9.59 Å². The standard InChI is InChI=1S/C14H18N2O3.C10H19NO2/c1-19-13-7-5-12(6-8-13)14(18)16-10-4-2-3-9-15(16)11-17;1-9(7-11(13)8-12)6-10-4-2-3-5-10/h5-8,11H,2-4,9-10H2,1H3;8-10,13H,2-7H2,1H3. The molecule has 0 bridgehead atoms. The zero-order chi connectivity index (χ0) is 23.3. The van der Waals surface area contributed by atoms with Gasteiger partial charge >= 0.3 is 0 Å². The van der Waals surface area contributed by atoms with Crippen LogP contribution in [0.15, 0.2) is 24.3 Å². The van der Waals surface area contributed by atoms with Crippen LogP contribution in [0.2, 0.25) is 0 Å². The second-order valence-electron chi connectivity index (χ2n) is 8.70. The van der Waals surface area contributed by atoms with Crippen LogP contribution in [0.25, 0.3) is 0 Å². The highest BCUT2D eigenvalue weighted by Gasteiger charge is 2.23. The molecular weight excluding hydrogens is 410 g/mol. The number of methoxy groups -OCH3 is 1. The second kappa shape index (κ2) is 13.7. The maximum absolute atomic E-state index is 12.4. The first kappa shape index (κ1) is 25.6. The van der Waals surface area contributed by atoms with Crippen molar-refractivity contribution in [3.05, 3.63) is 29.8 Å². The normalized spacial score (nSPS) is 17.6. The molecule has 178 valence electrons. The molecule has 8 nitrogen and oxygen atoms in total. The third kappa shape index (κ3) is 8.15. The molecule has 1 N–H and O–H groups in total. The molecule has 3 rings (SSSR count). The number of nitrogens with zero attached hydrogens (tertiary/aromatic N) is 3. The summed E-state index contributed by atoms with van der Waals surface area (Å²) in [6.45, 7) is 3.75. The Balaban J connectivity index is 0.000000244. The van der Waals surface area contributed by atoms with Crippen LogP contribution in [-0.4, -0.2) is 65.8 Å². The van der Waals surface area contributed by atoms with Crippen molar-refractivity contribution in [3.63, 3.8) is 0 Å². The van der Waals surface area contributed by atoms with Crippen LogP contribution >= 0.6 is 0 Å². The zero-order valence-corrected chi connectivity index (χ0v) is 19.3. The van der Waals surface area contributed by atoms with Crippen LogP contribution < -0.4 is 4.74 Å². The van der Waals surface area contributed by atoms with Crippen molar-refractivity contribution < 1.29 is 24.3 Å². The molecule has 32 heavy (non-hydrogen) atoms. The van der Waals surface area contributed by atoms with Gasteiger partial charge in [0.25, 0.3) is 5.91 Å².